The molecule has 0 atom stereocenters. The van der Waals surface area contributed by atoms with Crippen molar-refractivity contribution < 1.29 is 8.42 Å². The van der Waals surface area contributed by atoms with E-state index in [1.807, 2.05) is 0 Å². The van der Waals surface area contributed by atoms with Crippen LogP contribution in [-0.4, -0.2) is 26.0 Å². The monoisotopic (exact) mass is 267 g/mol. The molecule has 0 aromatic heterocycles. The maximum absolute atomic E-state index is 11.4. The van der Waals surface area contributed by atoms with Gasteiger partial charge in [0.15, 0.2) is 0 Å². The fourth-order valence-corrected chi connectivity index (χ4v) is 3.96. The average molecular weight is 267 g/mol. The molecule has 3 nitrogen and oxygen atoms in total. The van der Waals surface area contributed by atoms with E-state index in [9.17, 15) is 8.42 Å². The van der Waals surface area contributed by atoms with Crippen LogP contribution in [0.15, 0.2) is 18.2 Å². The number of aryl methyl sites for hydroxylation is 2. The van der Waals surface area contributed by atoms with Crippen LogP contribution in [0.25, 0.3) is 0 Å². The zero-order valence-electron chi connectivity index (χ0n) is 11.1. The smallest absolute Gasteiger partial charge is 0.150 e. The number of hydrogen-bond acceptors (Lipinski definition) is 3. The number of nitrogens with one attached hydrogen (secondary N) is 1. The average Bonchev–Trinajstić information content (AvgIpc) is 2.34. The lowest BCUT2D eigenvalue weighted by molar-refractivity contribution is 0.559. The maximum atomic E-state index is 11.4. The normalized spacial score (nSPS) is 19.7. The van der Waals surface area contributed by atoms with Gasteiger partial charge in [-0.25, -0.2) is 8.42 Å². The minimum atomic E-state index is -2.77. The van der Waals surface area contributed by atoms with Crippen molar-refractivity contribution in [2.45, 2.75) is 39.2 Å². The van der Waals surface area contributed by atoms with Gasteiger partial charge in [0.05, 0.1) is 11.5 Å². The number of sulfone groups is 1. The van der Waals surface area contributed by atoms with Crippen molar-refractivity contribution in [3.8, 4) is 0 Å². The van der Waals surface area contributed by atoms with Crippen LogP contribution in [0.3, 0.4) is 0 Å². The first-order valence-electron chi connectivity index (χ1n) is 6.57. The molecule has 0 bridgehead atoms. The van der Waals surface area contributed by atoms with Gasteiger partial charge in [-0.1, -0.05) is 25.1 Å². The van der Waals surface area contributed by atoms with E-state index in [2.05, 4.69) is 37.4 Å². The summed E-state index contributed by atoms with van der Waals surface area (Å²) < 4.78 is 22.8. The molecule has 0 aliphatic carbocycles. The second-order valence-electron chi connectivity index (χ2n) is 5.03. The molecule has 1 aliphatic rings. The summed E-state index contributed by atoms with van der Waals surface area (Å²) in [6.45, 7) is 4.24. The molecule has 0 saturated carbocycles. The number of rotatable bonds is 3. The van der Waals surface area contributed by atoms with Crippen molar-refractivity contribution >= 4 is 15.5 Å². The zero-order valence-corrected chi connectivity index (χ0v) is 11.9. The Morgan fingerprint density at radius 3 is 2.56 bits per heavy atom. The third-order valence-corrected chi connectivity index (χ3v) is 5.36. The fourth-order valence-electron chi connectivity index (χ4n) is 2.47. The summed E-state index contributed by atoms with van der Waals surface area (Å²) in [7, 11) is -2.77. The second kappa shape index (κ2) is 5.31. The molecule has 1 aromatic carbocycles. The van der Waals surface area contributed by atoms with Crippen molar-refractivity contribution in [1.82, 2.24) is 0 Å². The molecule has 0 unspecified atom stereocenters. The topological polar surface area (TPSA) is 46.2 Å². The molecule has 1 saturated heterocycles. The molecule has 1 N–H and O–H groups in total. The molecule has 1 aliphatic heterocycles. The zero-order chi connectivity index (χ0) is 13.2. The quantitative estimate of drug-likeness (QED) is 0.915. The van der Waals surface area contributed by atoms with Crippen LogP contribution in [0.1, 0.15) is 30.9 Å². The van der Waals surface area contributed by atoms with Crippen molar-refractivity contribution in [2.24, 2.45) is 0 Å². The summed E-state index contributed by atoms with van der Waals surface area (Å²) in [5, 5.41) is 3.54. The van der Waals surface area contributed by atoms with E-state index in [0.29, 0.717) is 17.5 Å². The summed E-state index contributed by atoms with van der Waals surface area (Å²) in [6.07, 6.45) is 2.44. The van der Waals surface area contributed by atoms with E-state index in [-0.39, 0.29) is 0 Å². The Morgan fingerprint density at radius 1 is 1.28 bits per heavy atom. The van der Waals surface area contributed by atoms with Crippen molar-refractivity contribution in [1.29, 1.82) is 0 Å². The van der Waals surface area contributed by atoms with E-state index in [1.165, 1.54) is 16.8 Å². The summed E-state index contributed by atoms with van der Waals surface area (Å²) in [4.78, 5) is 0. The Kier molecular flexibility index (Phi) is 3.95. The van der Waals surface area contributed by atoms with Gasteiger partial charge in [-0.2, -0.15) is 0 Å². The van der Waals surface area contributed by atoms with E-state index < -0.39 is 9.84 Å². The minimum absolute atomic E-state index is 0.292. The maximum Gasteiger partial charge on any atom is 0.150 e. The Labute approximate surface area is 110 Å². The first-order valence-corrected chi connectivity index (χ1v) is 8.39. The lowest BCUT2D eigenvalue weighted by Crippen LogP contribution is -2.32. The summed E-state index contributed by atoms with van der Waals surface area (Å²) in [5.74, 6) is 0.635. The molecule has 18 heavy (non-hydrogen) atoms. The molecular formula is C14H21NO2S. The van der Waals surface area contributed by atoms with Crippen LogP contribution >= 0.6 is 0 Å². The highest BCUT2D eigenvalue weighted by molar-refractivity contribution is 7.91. The SMILES string of the molecule is CCc1cccc(C)c1NC1CCS(=O)(=O)CC1. The van der Waals surface area contributed by atoms with Gasteiger partial charge < -0.3 is 5.32 Å². The third kappa shape index (κ3) is 3.05. The van der Waals surface area contributed by atoms with Gasteiger partial charge in [0.2, 0.25) is 0 Å². The second-order valence-corrected chi connectivity index (χ2v) is 7.34. The van der Waals surface area contributed by atoms with E-state index in [1.54, 1.807) is 0 Å². The highest BCUT2D eigenvalue weighted by Crippen LogP contribution is 2.25. The number of hydrogen-bond donors (Lipinski definition) is 1. The van der Waals surface area contributed by atoms with Gasteiger partial charge in [0.1, 0.15) is 9.84 Å². The molecule has 0 spiro atoms. The lowest BCUT2D eigenvalue weighted by Gasteiger charge is -2.26. The molecule has 2 rings (SSSR count). The van der Waals surface area contributed by atoms with Gasteiger partial charge >= 0.3 is 0 Å². The van der Waals surface area contributed by atoms with Gasteiger partial charge in [0, 0.05) is 11.7 Å². The van der Waals surface area contributed by atoms with E-state index in [4.69, 9.17) is 0 Å². The third-order valence-electron chi connectivity index (χ3n) is 3.64. The van der Waals surface area contributed by atoms with Crippen molar-refractivity contribution in [3.05, 3.63) is 29.3 Å². The Hall–Kier alpha value is -1.03. The minimum Gasteiger partial charge on any atom is -0.382 e. The summed E-state index contributed by atoms with van der Waals surface area (Å²) >= 11 is 0. The summed E-state index contributed by atoms with van der Waals surface area (Å²) in [5.41, 5.74) is 3.75. The standard InChI is InChI=1S/C14H21NO2S/c1-3-12-6-4-5-11(2)14(12)15-13-7-9-18(16,17)10-8-13/h4-6,13,15H,3,7-10H2,1-2H3. The van der Waals surface area contributed by atoms with Gasteiger partial charge in [-0.15, -0.1) is 0 Å². The molecule has 100 valence electrons. The van der Waals surface area contributed by atoms with Crippen molar-refractivity contribution in [3.63, 3.8) is 0 Å². The van der Waals surface area contributed by atoms with Crippen LogP contribution in [0.4, 0.5) is 5.69 Å². The largest absolute Gasteiger partial charge is 0.382 e. The number of benzene rings is 1. The number of para-hydroxylation sites is 1. The van der Waals surface area contributed by atoms with E-state index in [0.717, 1.165) is 19.3 Å². The first kappa shape index (κ1) is 13.4. The predicted octanol–water partition coefficient (Wildman–Crippen LogP) is 2.55. The highest BCUT2D eigenvalue weighted by atomic mass is 32.2. The molecule has 0 amide bonds. The van der Waals surface area contributed by atoms with Gasteiger partial charge in [0.25, 0.3) is 0 Å². The Bertz CT molecular complexity index is 509. The van der Waals surface area contributed by atoms with Crippen LogP contribution in [0, 0.1) is 6.92 Å². The Balaban J connectivity index is 2.11. The molecular weight excluding hydrogens is 246 g/mol. The van der Waals surface area contributed by atoms with Crippen molar-refractivity contribution in [2.75, 3.05) is 16.8 Å². The number of anilines is 1. The van der Waals surface area contributed by atoms with Crippen LogP contribution in [-0.2, 0) is 16.3 Å². The molecule has 0 radical (unpaired) electrons. The molecule has 1 heterocycles. The summed E-state index contributed by atoms with van der Waals surface area (Å²) in [6, 6.07) is 6.60. The first-order chi connectivity index (χ1) is 8.52. The molecule has 1 aromatic rings. The lowest BCUT2D eigenvalue weighted by atomic mass is 10.0. The van der Waals surface area contributed by atoms with Gasteiger partial charge in [-0.05, 0) is 37.3 Å². The fraction of sp³-hybridized carbons (Fsp3) is 0.571. The molecule has 1 fully saturated rings. The highest BCUT2D eigenvalue weighted by Gasteiger charge is 2.24. The van der Waals surface area contributed by atoms with Crippen LogP contribution < -0.4 is 5.32 Å². The van der Waals surface area contributed by atoms with Gasteiger partial charge in [-0.3, -0.25) is 0 Å². The Morgan fingerprint density at radius 2 is 1.94 bits per heavy atom. The van der Waals surface area contributed by atoms with E-state index >= 15 is 0 Å². The van der Waals surface area contributed by atoms with Crippen LogP contribution in [0.2, 0.25) is 0 Å². The van der Waals surface area contributed by atoms with Crippen LogP contribution in [0.5, 0.6) is 0 Å². The molecule has 4 heteroatoms. The predicted molar refractivity (Wildman–Crippen MR) is 75.9 cm³/mol.